The summed E-state index contributed by atoms with van der Waals surface area (Å²) in [6, 6.07) is 19.6. The summed E-state index contributed by atoms with van der Waals surface area (Å²) < 4.78 is 12.7. The van der Waals surface area contributed by atoms with Gasteiger partial charge in [0.15, 0.2) is 0 Å². The summed E-state index contributed by atoms with van der Waals surface area (Å²) in [5.41, 5.74) is 1.09. The van der Waals surface area contributed by atoms with E-state index in [0.717, 1.165) is 11.1 Å². The number of hydrogen-bond acceptors (Lipinski definition) is 2. The minimum Gasteiger partial charge on any atom is -0.390 e. The highest BCUT2D eigenvalue weighted by atomic mass is 32.2. The first-order valence-electron chi connectivity index (χ1n) is 6.67. The molecule has 0 fully saturated rings. The molecule has 0 radical (unpaired) electrons. The van der Waals surface area contributed by atoms with Gasteiger partial charge in [0.1, 0.15) is 0 Å². The van der Waals surface area contributed by atoms with Gasteiger partial charge in [-0.05, 0) is 25.0 Å². The molecule has 1 atom stereocenters. The zero-order valence-corrected chi connectivity index (χ0v) is 12.6. The van der Waals surface area contributed by atoms with Crippen LogP contribution in [0.4, 0.5) is 0 Å². The minimum atomic E-state index is -1.18. The Hall–Kier alpha value is -1.45. The third kappa shape index (κ3) is 4.02. The van der Waals surface area contributed by atoms with E-state index in [-0.39, 0.29) is 11.0 Å². The van der Waals surface area contributed by atoms with Crippen LogP contribution in [0.15, 0.2) is 60.7 Å². The van der Waals surface area contributed by atoms with Crippen LogP contribution in [0.2, 0.25) is 0 Å². The van der Waals surface area contributed by atoms with E-state index in [2.05, 4.69) is 0 Å². The Labute approximate surface area is 122 Å². The molecule has 0 unspecified atom stereocenters. The fourth-order valence-electron chi connectivity index (χ4n) is 2.18. The first kappa shape index (κ1) is 14.9. The maximum atomic E-state index is 12.7. The van der Waals surface area contributed by atoms with E-state index >= 15 is 0 Å². The predicted molar refractivity (Wildman–Crippen MR) is 84.0 cm³/mol. The minimum absolute atomic E-state index is 0.205. The van der Waals surface area contributed by atoms with E-state index in [1.54, 1.807) is 13.8 Å². The zero-order chi connectivity index (χ0) is 14.6. The van der Waals surface area contributed by atoms with Gasteiger partial charge in [0.05, 0.1) is 16.6 Å². The highest BCUT2D eigenvalue weighted by Crippen LogP contribution is 2.29. The van der Waals surface area contributed by atoms with Crippen LogP contribution in [0.5, 0.6) is 0 Å². The smallest absolute Gasteiger partial charge is 0.0847 e. The summed E-state index contributed by atoms with van der Waals surface area (Å²) >= 11 is 0. The van der Waals surface area contributed by atoms with Gasteiger partial charge in [-0.1, -0.05) is 60.7 Å². The van der Waals surface area contributed by atoms with Gasteiger partial charge in [0.25, 0.3) is 0 Å². The molecule has 0 saturated carbocycles. The normalized spacial score (nSPS) is 13.4. The van der Waals surface area contributed by atoms with Crippen LogP contribution in [-0.4, -0.2) is 20.7 Å². The molecule has 0 spiro atoms. The number of aliphatic hydroxyl groups is 1. The van der Waals surface area contributed by atoms with Gasteiger partial charge >= 0.3 is 0 Å². The van der Waals surface area contributed by atoms with Crippen molar-refractivity contribution in [2.45, 2.75) is 24.7 Å². The van der Waals surface area contributed by atoms with Gasteiger partial charge in [-0.25, -0.2) is 0 Å². The Kier molecular flexibility index (Phi) is 4.73. The lowest BCUT2D eigenvalue weighted by atomic mass is 10.0. The molecule has 2 aromatic rings. The summed E-state index contributed by atoms with van der Waals surface area (Å²) in [6.07, 6.45) is 0. The Morgan fingerprint density at radius 1 is 0.950 bits per heavy atom. The Balaban J connectivity index is 2.38. The van der Waals surface area contributed by atoms with E-state index in [9.17, 15) is 9.32 Å². The van der Waals surface area contributed by atoms with E-state index < -0.39 is 16.4 Å². The molecule has 0 bridgehead atoms. The number of benzene rings is 2. The maximum Gasteiger partial charge on any atom is 0.0847 e. The van der Waals surface area contributed by atoms with Crippen LogP contribution < -0.4 is 0 Å². The molecule has 0 aromatic heterocycles. The molecule has 2 rings (SSSR count). The van der Waals surface area contributed by atoms with Gasteiger partial charge in [0, 0.05) is 10.8 Å². The fraction of sp³-hybridized carbons (Fsp3) is 0.294. The van der Waals surface area contributed by atoms with Crippen molar-refractivity contribution in [1.29, 1.82) is 0 Å². The molecule has 0 amide bonds. The van der Waals surface area contributed by atoms with Crippen LogP contribution in [0, 0.1) is 0 Å². The lowest BCUT2D eigenvalue weighted by molar-refractivity contribution is 0.106. The quantitative estimate of drug-likeness (QED) is 0.916. The molecule has 3 heteroatoms. The topological polar surface area (TPSA) is 37.3 Å². The van der Waals surface area contributed by atoms with Crippen LogP contribution in [-0.2, 0) is 10.8 Å². The molecular formula is C17H20O2S. The molecule has 0 saturated heterocycles. The van der Waals surface area contributed by atoms with Crippen molar-refractivity contribution >= 4 is 10.8 Å². The monoisotopic (exact) mass is 288 g/mol. The van der Waals surface area contributed by atoms with Crippen LogP contribution in [0.3, 0.4) is 0 Å². The van der Waals surface area contributed by atoms with Crippen molar-refractivity contribution in [3.63, 3.8) is 0 Å². The number of hydrogen-bond donors (Lipinski definition) is 1. The average Bonchev–Trinajstić information content (AvgIpc) is 2.39. The highest BCUT2D eigenvalue weighted by Gasteiger charge is 2.26. The van der Waals surface area contributed by atoms with Gasteiger partial charge in [0.2, 0.25) is 0 Å². The highest BCUT2D eigenvalue weighted by molar-refractivity contribution is 7.85. The van der Waals surface area contributed by atoms with Crippen molar-refractivity contribution < 1.29 is 9.32 Å². The second-order valence-corrected chi connectivity index (χ2v) is 7.06. The number of rotatable bonds is 5. The first-order valence-corrected chi connectivity index (χ1v) is 8.05. The molecular weight excluding hydrogens is 268 g/mol. The van der Waals surface area contributed by atoms with Crippen LogP contribution >= 0.6 is 0 Å². The second kappa shape index (κ2) is 6.33. The van der Waals surface area contributed by atoms with Crippen molar-refractivity contribution in [1.82, 2.24) is 0 Å². The first-order chi connectivity index (χ1) is 9.47. The summed E-state index contributed by atoms with van der Waals surface area (Å²) in [7, 11) is -1.18. The van der Waals surface area contributed by atoms with Crippen molar-refractivity contribution in [3.05, 3.63) is 71.8 Å². The predicted octanol–water partition coefficient (Wildman–Crippen LogP) is 3.30. The molecule has 2 nitrogen and oxygen atoms in total. The molecule has 2 aromatic carbocycles. The zero-order valence-electron chi connectivity index (χ0n) is 11.8. The van der Waals surface area contributed by atoms with Gasteiger partial charge in [-0.2, -0.15) is 0 Å². The summed E-state index contributed by atoms with van der Waals surface area (Å²) in [5.74, 6) is 0.251. The van der Waals surface area contributed by atoms with Gasteiger partial charge < -0.3 is 5.11 Å². The second-order valence-electron chi connectivity index (χ2n) is 5.54. The van der Waals surface area contributed by atoms with E-state index in [0.29, 0.717) is 0 Å². The van der Waals surface area contributed by atoms with Gasteiger partial charge in [-0.3, -0.25) is 4.21 Å². The van der Waals surface area contributed by atoms with Crippen LogP contribution in [0.1, 0.15) is 30.2 Å². The Morgan fingerprint density at radius 2 is 1.35 bits per heavy atom. The largest absolute Gasteiger partial charge is 0.390 e. The van der Waals surface area contributed by atoms with E-state index in [1.807, 2.05) is 60.7 Å². The molecule has 1 N–H and O–H groups in total. The molecule has 20 heavy (non-hydrogen) atoms. The lowest BCUT2D eigenvalue weighted by Gasteiger charge is -2.23. The standard InChI is InChI=1S/C17H20O2S/c1-17(2,18)13-20(19)16(14-9-5-3-6-10-14)15-11-7-4-8-12-15/h3-12,16,18H,13H2,1-2H3/t20-/m0/s1. The Bertz CT molecular complexity index is 519. The summed E-state index contributed by atoms with van der Waals surface area (Å²) in [4.78, 5) is 0. The molecule has 0 aliphatic heterocycles. The average molecular weight is 288 g/mol. The van der Waals surface area contributed by atoms with Crippen molar-refractivity contribution in [3.8, 4) is 0 Å². The summed E-state index contributed by atoms with van der Waals surface area (Å²) in [5, 5.41) is 9.73. The third-order valence-corrected chi connectivity index (χ3v) is 5.02. The SMILES string of the molecule is CC(C)(O)C[S@](=O)C(c1ccccc1)c1ccccc1. The van der Waals surface area contributed by atoms with Crippen molar-refractivity contribution in [2.75, 3.05) is 5.75 Å². The molecule has 106 valence electrons. The molecule has 0 aliphatic rings. The molecule has 0 heterocycles. The van der Waals surface area contributed by atoms with E-state index in [4.69, 9.17) is 0 Å². The van der Waals surface area contributed by atoms with Crippen molar-refractivity contribution in [2.24, 2.45) is 0 Å². The fourth-order valence-corrected chi connectivity index (χ4v) is 3.97. The van der Waals surface area contributed by atoms with E-state index in [1.165, 1.54) is 0 Å². The maximum absolute atomic E-state index is 12.7. The summed E-state index contributed by atoms with van der Waals surface area (Å²) in [6.45, 7) is 3.38. The third-order valence-electron chi connectivity index (χ3n) is 2.96. The Morgan fingerprint density at radius 3 is 1.70 bits per heavy atom. The lowest BCUT2D eigenvalue weighted by Crippen LogP contribution is -2.29. The van der Waals surface area contributed by atoms with Gasteiger partial charge in [-0.15, -0.1) is 0 Å². The molecule has 0 aliphatic carbocycles. The van der Waals surface area contributed by atoms with Crippen LogP contribution in [0.25, 0.3) is 0 Å².